The van der Waals surface area contributed by atoms with Gasteiger partial charge in [0.05, 0.1) is 18.1 Å². The van der Waals surface area contributed by atoms with E-state index in [1.54, 1.807) is 19.1 Å². The van der Waals surface area contributed by atoms with Crippen molar-refractivity contribution in [3.63, 3.8) is 0 Å². The fourth-order valence-corrected chi connectivity index (χ4v) is 5.27. The van der Waals surface area contributed by atoms with E-state index in [-0.39, 0.29) is 10.8 Å². The van der Waals surface area contributed by atoms with Crippen LogP contribution < -0.4 is 5.32 Å². The maximum absolute atomic E-state index is 13.0. The Kier molecular flexibility index (Phi) is 5.88. The van der Waals surface area contributed by atoms with E-state index in [1.807, 2.05) is 32.9 Å². The Hall–Kier alpha value is -2.22. The number of amides is 1. The molecule has 0 saturated carbocycles. The normalized spacial score (nSPS) is 15.4. The third kappa shape index (κ3) is 4.11. The average Bonchev–Trinajstić information content (AvgIpc) is 2.63. The standard InChI is InChI=1S/C21H26N2O4S/c1-14-11-16(3)20(17(4)12-14)21(24)22-18-6-5-15(2)19(13-18)28(25,26)23-7-9-27-10-8-23/h5-6,11-13H,7-10H2,1-4H3,(H,22,24). The second kappa shape index (κ2) is 8.03. The van der Waals surface area contributed by atoms with Crippen LogP contribution in [0.1, 0.15) is 32.6 Å². The molecule has 1 aliphatic rings. The Morgan fingerprint density at radius 1 is 0.964 bits per heavy atom. The number of anilines is 1. The maximum Gasteiger partial charge on any atom is 0.256 e. The molecule has 1 fully saturated rings. The number of hydrogen-bond donors (Lipinski definition) is 1. The van der Waals surface area contributed by atoms with Gasteiger partial charge in [0.15, 0.2) is 0 Å². The molecule has 1 aliphatic heterocycles. The van der Waals surface area contributed by atoms with Crippen molar-refractivity contribution in [3.05, 3.63) is 58.1 Å². The first kappa shape index (κ1) is 20.5. The van der Waals surface area contributed by atoms with Crippen LogP contribution in [0.3, 0.4) is 0 Å². The van der Waals surface area contributed by atoms with Gasteiger partial charge in [-0.05, 0) is 56.5 Å². The summed E-state index contributed by atoms with van der Waals surface area (Å²) in [7, 11) is -3.64. The molecular formula is C21H26N2O4S. The van der Waals surface area contributed by atoms with E-state index in [0.29, 0.717) is 43.1 Å². The van der Waals surface area contributed by atoms with Crippen LogP contribution in [0.25, 0.3) is 0 Å². The number of benzene rings is 2. The first-order chi connectivity index (χ1) is 13.2. The summed E-state index contributed by atoms with van der Waals surface area (Å²) in [6, 6.07) is 8.91. The van der Waals surface area contributed by atoms with Crippen LogP contribution in [-0.2, 0) is 14.8 Å². The van der Waals surface area contributed by atoms with Crippen molar-refractivity contribution in [1.29, 1.82) is 0 Å². The maximum atomic E-state index is 13.0. The van der Waals surface area contributed by atoms with Gasteiger partial charge in [-0.3, -0.25) is 4.79 Å². The molecule has 2 aromatic carbocycles. The van der Waals surface area contributed by atoms with Gasteiger partial charge < -0.3 is 10.1 Å². The summed E-state index contributed by atoms with van der Waals surface area (Å²) in [5.74, 6) is -0.242. The lowest BCUT2D eigenvalue weighted by Gasteiger charge is -2.27. The molecule has 1 N–H and O–H groups in total. The van der Waals surface area contributed by atoms with Crippen LogP contribution in [0.5, 0.6) is 0 Å². The fraction of sp³-hybridized carbons (Fsp3) is 0.381. The number of rotatable bonds is 4. The number of aryl methyl sites for hydroxylation is 4. The van der Waals surface area contributed by atoms with Gasteiger partial charge in [0.1, 0.15) is 0 Å². The zero-order valence-electron chi connectivity index (χ0n) is 16.7. The molecule has 28 heavy (non-hydrogen) atoms. The second-order valence-corrected chi connectivity index (χ2v) is 9.13. The molecule has 1 saturated heterocycles. The highest BCUT2D eigenvalue weighted by Gasteiger charge is 2.28. The highest BCUT2D eigenvalue weighted by Crippen LogP contribution is 2.25. The fourth-order valence-electron chi connectivity index (χ4n) is 3.61. The number of sulfonamides is 1. The molecular weight excluding hydrogens is 376 g/mol. The van der Waals surface area contributed by atoms with E-state index < -0.39 is 10.0 Å². The van der Waals surface area contributed by atoms with Crippen molar-refractivity contribution < 1.29 is 17.9 Å². The number of hydrogen-bond acceptors (Lipinski definition) is 4. The van der Waals surface area contributed by atoms with E-state index in [9.17, 15) is 13.2 Å². The van der Waals surface area contributed by atoms with Crippen LogP contribution in [0.15, 0.2) is 35.2 Å². The highest BCUT2D eigenvalue weighted by atomic mass is 32.2. The third-order valence-electron chi connectivity index (χ3n) is 4.94. The molecule has 0 atom stereocenters. The molecule has 0 bridgehead atoms. The van der Waals surface area contributed by atoms with Crippen LogP contribution in [0.4, 0.5) is 5.69 Å². The molecule has 6 nitrogen and oxygen atoms in total. The molecule has 0 radical (unpaired) electrons. The second-order valence-electron chi connectivity index (χ2n) is 7.22. The number of nitrogens with one attached hydrogen (secondary N) is 1. The van der Waals surface area contributed by atoms with E-state index in [0.717, 1.165) is 16.7 Å². The SMILES string of the molecule is Cc1cc(C)c(C(=O)Nc2ccc(C)c(S(=O)(=O)N3CCOCC3)c2)c(C)c1. The lowest BCUT2D eigenvalue weighted by atomic mass is 9.99. The summed E-state index contributed by atoms with van der Waals surface area (Å²) in [4.78, 5) is 13.0. The lowest BCUT2D eigenvalue weighted by Crippen LogP contribution is -2.40. The summed E-state index contributed by atoms with van der Waals surface area (Å²) >= 11 is 0. The Balaban J connectivity index is 1.91. The number of nitrogens with zero attached hydrogens (tertiary/aromatic N) is 1. The van der Waals surface area contributed by atoms with Crippen molar-refractivity contribution >= 4 is 21.6 Å². The minimum Gasteiger partial charge on any atom is -0.379 e. The van der Waals surface area contributed by atoms with Gasteiger partial charge >= 0.3 is 0 Å². The highest BCUT2D eigenvalue weighted by molar-refractivity contribution is 7.89. The van der Waals surface area contributed by atoms with Crippen LogP contribution >= 0.6 is 0 Å². The van der Waals surface area contributed by atoms with Gasteiger partial charge in [-0.1, -0.05) is 23.8 Å². The predicted molar refractivity (Wildman–Crippen MR) is 109 cm³/mol. The van der Waals surface area contributed by atoms with Crippen LogP contribution in [-0.4, -0.2) is 44.9 Å². The van der Waals surface area contributed by atoms with Gasteiger partial charge in [0.2, 0.25) is 10.0 Å². The minimum absolute atomic E-state index is 0.213. The smallest absolute Gasteiger partial charge is 0.256 e. The molecule has 7 heteroatoms. The number of carbonyl (C=O) groups is 1. The summed E-state index contributed by atoms with van der Waals surface area (Å²) in [6.07, 6.45) is 0. The summed E-state index contributed by atoms with van der Waals surface area (Å²) in [6.45, 7) is 9.00. The van der Waals surface area contributed by atoms with Gasteiger partial charge in [-0.25, -0.2) is 8.42 Å². The molecule has 3 rings (SSSR count). The minimum atomic E-state index is -3.64. The van der Waals surface area contributed by atoms with Crippen molar-refractivity contribution in [1.82, 2.24) is 4.31 Å². The Labute approximate surface area is 166 Å². The Bertz CT molecular complexity index is 986. The third-order valence-corrected chi connectivity index (χ3v) is 6.98. The van der Waals surface area contributed by atoms with Crippen molar-refractivity contribution in [2.45, 2.75) is 32.6 Å². The van der Waals surface area contributed by atoms with E-state index in [1.165, 1.54) is 10.4 Å². The number of morpholine rings is 1. The molecule has 1 heterocycles. The van der Waals surface area contributed by atoms with Gasteiger partial charge in [0, 0.05) is 24.3 Å². The Morgan fingerprint density at radius 3 is 2.18 bits per heavy atom. The number of carbonyl (C=O) groups excluding carboxylic acids is 1. The predicted octanol–water partition coefficient (Wildman–Crippen LogP) is 3.19. The topological polar surface area (TPSA) is 75.7 Å². The van der Waals surface area contributed by atoms with Crippen molar-refractivity contribution in [2.24, 2.45) is 0 Å². The molecule has 0 spiro atoms. The summed E-state index contributed by atoms with van der Waals surface area (Å²) in [5.41, 5.74) is 4.60. The van der Waals surface area contributed by atoms with Crippen LogP contribution in [0.2, 0.25) is 0 Å². The average molecular weight is 403 g/mol. The molecule has 1 amide bonds. The molecule has 0 aliphatic carbocycles. The molecule has 150 valence electrons. The van der Waals surface area contributed by atoms with Crippen molar-refractivity contribution in [3.8, 4) is 0 Å². The van der Waals surface area contributed by atoms with Gasteiger partial charge in [0.25, 0.3) is 5.91 Å². The quantitative estimate of drug-likeness (QED) is 0.852. The monoisotopic (exact) mass is 402 g/mol. The lowest BCUT2D eigenvalue weighted by molar-refractivity contribution is 0.0730. The van der Waals surface area contributed by atoms with E-state index in [2.05, 4.69) is 5.32 Å². The van der Waals surface area contributed by atoms with E-state index >= 15 is 0 Å². The van der Waals surface area contributed by atoms with Gasteiger partial charge in [-0.15, -0.1) is 0 Å². The zero-order chi connectivity index (χ0) is 20.5. The van der Waals surface area contributed by atoms with Crippen molar-refractivity contribution in [2.75, 3.05) is 31.6 Å². The first-order valence-corrected chi connectivity index (χ1v) is 10.7. The zero-order valence-corrected chi connectivity index (χ0v) is 17.5. The molecule has 2 aromatic rings. The first-order valence-electron chi connectivity index (χ1n) is 9.28. The molecule has 0 unspecified atom stereocenters. The van der Waals surface area contributed by atoms with E-state index in [4.69, 9.17) is 4.74 Å². The van der Waals surface area contributed by atoms with Gasteiger partial charge in [-0.2, -0.15) is 4.31 Å². The largest absolute Gasteiger partial charge is 0.379 e. The Morgan fingerprint density at radius 2 is 1.57 bits per heavy atom. The van der Waals surface area contributed by atoms with Crippen LogP contribution in [0, 0.1) is 27.7 Å². The summed E-state index contributed by atoms with van der Waals surface area (Å²) in [5, 5.41) is 2.86. The number of ether oxygens (including phenoxy) is 1. The summed E-state index contributed by atoms with van der Waals surface area (Å²) < 4.78 is 32.7. The molecule has 0 aromatic heterocycles.